The molecule has 0 bridgehead atoms. The van der Waals surface area contributed by atoms with Crippen molar-refractivity contribution in [2.45, 2.75) is 20.8 Å². The summed E-state index contributed by atoms with van der Waals surface area (Å²) >= 11 is 0. The Morgan fingerprint density at radius 1 is 0.432 bits per heavy atom. The fraction of sp³-hybridized carbons (Fsp3) is 0.0732. The molecule has 0 saturated heterocycles. The van der Waals surface area contributed by atoms with Crippen LogP contribution >= 0.6 is 0 Å². The van der Waals surface area contributed by atoms with Gasteiger partial charge in [-0.05, 0) is 47.0 Å². The van der Waals surface area contributed by atoms with Crippen LogP contribution in [0.2, 0.25) is 0 Å². The summed E-state index contributed by atoms with van der Waals surface area (Å²) in [4.78, 5) is 0. The van der Waals surface area contributed by atoms with Gasteiger partial charge in [0.05, 0.1) is 0 Å². The van der Waals surface area contributed by atoms with E-state index in [-0.39, 0.29) is 50.7 Å². The summed E-state index contributed by atoms with van der Waals surface area (Å²) in [6.45, 7) is 12.5. The number of rotatable bonds is 1. The number of hydrogen-bond donors (Lipinski definition) is 0. The first-order valence-corrected chi connectivity index (χ1v) is 14.2. The SMILES string of the molecule is C=C.Cc1cc2c(-c3cc4ccccc4c4ccccc34)cccc2[cH-]1.Cc1ccc2c(c1)[cH-]c1cc(C)ccc12.[Cl-].[Cl-].[Hf+4]. The van der Waals surface area contributed by atoms with Gasteiger partial charge in [-0.3, -0.25) is 0 Å². The topological polar surface area (TPSA) is 0 Å². The molecule has 0 heterocycles. The molecule has 8 aromatic carbocycles. The average molecular weight is 776 g/mol. The largest absolute Gasteiger partial charge is 4.00 e. The third kappa shape index (κ3) is 6.61. The van der Waals surface area contributed by atoms with Gasteiger partial charge < -0.3 is 24.8 Å². The first-order chi connectivity index (χ1) is 20.0. The molecule has 0 N–H and O–H groups in total. The normalized spacial score (nSPS) is 10.2. The van der Waals surface area contributed by atoms with Gasteiger partial charge in [-0.2, -0.15) is 6.07 Å². The summed E-state index contributed by atoms with van der Waals surface area (Å²) in [5.41, 5.74) is 6.62. The molecule has 0 aromatic heterocycles. The Hall–Kier alpha value is -3.49. The maximum atomic E-state index is 3.00. The second kappa shape index (κ2) is 15.0. The van der Waals surface area contributed by atoms with Crippen LogP contribution in [-0.2, 0) is 25.8 Å². The van der Waals surface area contributed by atoms with E-state index in [9.17, 15) is 0 Å². The Bertz CT molecular complexity index is 2120. The second-order valence-electron chi connectivity index (χ2n) is 10.9. The van der Waals surface area contributed by atoms with Crippen molar-refractivity contribution in [3.8, 4) is 11.1 Å². The van der Waals surface area contributed by atoms with Gasteiger partial charge in [0, 0.05) is 0 Å². The number of aryl methyl sites for hydroxylation is 3. The molecular formula is C41H34Cl2Hf. The summed E-state index contributed by atoms with van der Waals surface area (Å²) in [7, 11) is 0. The minimum Gasteiger partial charge on any atom is -1.00 e. The Labute approximate surface area is 291 Å². The molecule has 216 valence electrons. The zero-order chi connectivity index (χ0) is 28.5. The summed E-state index contributed by atoms with van der Waals surface area (Å²) in [5.74, 6) is 0. The fourth-order valence-corrected chi connectivity index (χ4v) is 6.16. The molecule has 3 heteroatoms. The van der Waals surface area contributed by atoms with E-state index in [0.717, 1.165) is 0 Å². The molecule has 0 spiro atoms. The monoisotopic (exact) mass is 776 g/mol. The Balaban J connectivity index is 0.000000231. The molecule has 0 aliphatic carbocycles. The quantitative estimate of drug-likeness (QED) is 0.0835. The molecular weight excluding hydrogens is 742 g/mol. The van der Waals surface area contributed by atoms with Crippen LogP contribution in [0.3, 0.4) is 0 Å². The summed E-state index contributed by atoms with van der Waals surface area (Å²) < 4.78 is 0. The van der Waals surface area contributed by atoms with Crippen molar-refractivity contribution in [2.75, 3.05) is 0 Å². The summed E-state index contributed by atoms with van der Waals surface area (Å²) in [6, 6.07) is 46.5. The number of halogens is 2. The van der Waals surface area contributed by atoms with Crippen molar-refractivity contribution in [3.05, 3.63) is 157 Å². The second-order valence-corrected chi connectivity index (χ2v) is 10.9. The predicted molar refractivity (Wildman–Crippen MR) is 183 cm³/mol. The summed E-state index contributed by atoms with van der Waals surface area (Å²) in [5, 5.41) is 13.4. The summed E-state index contributed by atoms with van der Waals surface area (Å²) in [6.07, 6.45) is 0. The number of fused-ring (bicyclic) bond motifs is 7. The third-order valence-corrected chi connectivity index (χ3v) is 7.97. The molecule has 0 amide bonds. The minimum atomic E-state index is 0. The first-order valence-electron chi connectivity index (χ1n) is 14.2. The molecule has 0 saturated carbocycles. The van der Waals surface area contributed by atoms with E-state index in [1.165, 1.54) is 81.7 Å². The van der Waals surface area contributed by atoms with Crippen LogP contribution in [-0.4, -0.2) is 0 Å². The van der Waals surface area contributed by atoms with Crippen molar-refractivity contribution < 1.29 is 50.7 Å². The van der Waals surface area contributed by atoms with Crippen LogP contribution in [0.1, 0.15) is 16.7 Å². The van der Waals surface area contributed by atoms with Crippen molar-refractivity contribution in [1.82, 2.24) is 0 Å². The van der Waals surface area contributed by atoms with Crippen molar-refractivity contribution >= 4 is 53.9 Å². The van der Waals surface area contributed by atoms with Crippen LogP contribution < -0.4 is 24.8 Å². The molecule has 0 unspecified atom stereocenters. The number of benzene rings is 6. The molecule has 44 heavy (non-hydrogen) atoms. The van der Waals surface area contributed by atoms with Gasteiger partial charge >= 0.3 is 25.8 Å². The molecule has 0 fully saturated rings. The van der Waals surface area contributed by atoms with E-state index in [2.05, 4.69) is 161 Å². The molecule has 8 rings (SSSR count). The molecule has 0 atom stereocenters. The fourth-order valence-electron chi connectivity index (χ4n) is 6.16. The van der Waals surface area contributed by atoms with Crippen LogP contribution in [0.4, 0.5) is 0 Å². The zero-order valence-corrected chi connectivity index (χ0v) is 30.4. The maximum absolute atomic E-state index is 3.00. The number of hydrogen-bond acceptors (Lipinski definition) is 0. The van der Waals surface area contributed by atoms with E-state index in [1.54, 1.807) is 0 Å². The van der Waals surface area contributed by atoms with Gasteiger partial charge in [0.25, 0.3) is 0 Å². The van der Waals surface area contributed by atoms with Crippen LogP contribution in [0, 0.1) is 20.8 Å². The molecule has 0 radical (unpaired) electrons. The van der Waals surface area contributed by atoms with E-state index < -0.39 is 0 Å². The minimum absolute atomic E-state index is 0. The molecule has 0 aliphatic heterocycles. The smallest absolute Gasteiger partial charge is 1.00 e. The predicted octanol–water partition coefficient (Wildman–Crippen LogP) is 5.98. The first kappa shape index (κ1) is 35.0. The maximum Gasteiger partial charge on any atom is 4.00 e. The molecule has 0 aliphatic rings. The van der Waals surface area contributed by atoms with Crippen LogP contribution in [0.25, 0.3) is 65.0 Å². The molecule has 8 aromatic rings. The van der Waals surface area contributed by atoms with Crippen molar-refractivity contribution in [2.24, 2.45) is 0 Å². The standard InChI is InChI=1S/C24H17.C15H13.C2H4.2ClH.Hf/c1-16-13-17-8-6-12-22(23(17)14-16)24-15-18-7-2-3-9-19(18)20-10-4-5-11-21(20)24;1-10-3-5-14-12(7-10)9-13-8-11(2)4-6-15(13)14;1-2;;;/h2-15H,1H3;3-9H,1-2H3;1-2H2;2*1H;/q2*-1;;;;+4/p-2. The van der Waals surface area contributed by atoms with E-state index in [0.29, 0.717) is 0 Å². The van der Waals surface area contributed by atoms with E-state index >= 15 is 0 Å². The Kier molecular flexibility index (Phi) is 11.9. The van der Waals surface area contributed by atoms with Gasteiger partial charge in [0.15, 0.2) is 0 Å². The van der Waals surface area contributed by atoms with Gasteiger partial charge in [-0.15, -0.1) is 87.4 Å². The van der Waals surface area contributed by atoms with Gasteiger partial charge in [-0.25, -0.2) is 0 Å². The zero-order valence-electron chi connectivity index (χ0n) is 25.3. The van der Waals surface area contributed by atoms with Gasteiger partial charge in [0.1, 0.15) is 0 Å². The van der Waals surface area contributed by atoms with E-state index in [1.807, 2.05) is 0 Å². The van der Waals surface area contributed by atoms with E-state index in [4.69, 9.17) is 0 Å². The Morgan fingerprint density at radius 2 is 1.00 bits per heavy atom. The Morgan fingerprint density at radius 3 is 1.64 bits per heavy atom. The van der Waals surface area contributed by atoms with Gasteiger partial charge in [0.2, 0.25) is 0 Å². The van der Waals surface area contributed by atoms with Crippen molar-refractivity contribution in [3.63, 3.8) is 0 Å². The van der Waals surface area contributed by atoms with Crippen LogP contribution in [0.5, 0.6) is 0 Å². The van der Waals surface area contributed by atoms with Crippen molar-refractivity contribution in [1.29, 1.82) is 0 Å². The average Bonchev–Trinajstić information content (AvgIpc) is 3.56. The van der Waals surface area contributed by atoms with Crippen LogP contribution in [0.15, 0.2) is 141 Å². The third-order valence-electron chi connectivity index (χ3n) is 7.97. The molecule has 0 nitrogen and oxygen atoms in total. The van der Waals surface area contributed by atoms with Gasteiger partial charge in [-0.1, -0.05) is 102 Å².